The summed E-state index contributed by atoms with van der Waals surface area (Å²) in [5.41, 5.74) is 29.5. The molecule has 65 heavy (non-hydrogen) atoms. The van der Waals surface area contributed by atoms with E-state index in [4.69, 9.17) is 0 Å². The predicted octanol–water partition coefficient (Wildman–Crippen LogP) is 17.9. The lowest BCUT2D eigenvalue weighted by Gasteiger charge is -2.25. The third-order valence-electron chi connectivity index (χ3n) is 15.4. The summed E-state index contributed by atoms with van der Waals surface area (Å²) in [7, 11) is 0. The third-order valence-corrected chi connectivity index (χ3v) is 15.4. The van der Waals surface area contributed by atoms with Gasteiger partial charge < -0.3 is 0 Å². The molecule has 0 atom stereocenters. The van der Waals surface area contributed by atoms with Crippen molar-refractivity contribution in [1.82, 2.24) is 0 Å². The minimum atomic E-state index is -0.135. The van der Waals surface area contributed by atoms with Crippen LogP contribution < -0.4 is 0 Å². The topological polar surface area (TPSA) is 0 Å². The summed E-state index contributed by atoms with van der Waals surface area (Å²) in [5.74, 6) is 0. The molecule has 8 aromatic rings. The Labute approximate surface area is 387 Å². The van der Waals surface area contributed by atoms with Crippen molar-refractivity contribution >= 4 is 11.1 Å². The Morgan fingerprint density at radius 2 is 0.677 bits per heavy atom. The van der Waals surface area contributed by atoms with E-state index in [1.54, 1.807) is 0 Å². The van der Waals surface area contributed by atoms with E-state index in [0.29, 0.717) is 0 Å². The molecule has 0 saturated heterocycles. The molecular formula is C65H58. The summed E-state index contributed by atoms with van der Waals surface area (Å²) in [6.45, 7) is 18.4. The maximum atomic E-state index is 2.53. The Morgan fingerprint density at radius 3 is 1.23 bits per heavy atom. The van der Waals surface area contributed by atoms with Gasteiger partial charge in [0, 0.05) is 16.2 Å². The zero-order valence-electron chi connectivity index (χ0n) is 39.2. The molecule has 0 spiro atoms. The molecule has 318 valence electrons. The summed E-state index contributed by atoms with van der Waals surface area (Å²) in [4.78, 5) is 0. The third kappa shape index (κ3) is 6.24. The number of allylic oxidation sites excluding steroid dienone is 4. The van der Waals surface area contributed by atoms with E-state index >= 15 is 0 Å². The SMILES string of the molecule is CC.CC1(C)c2ccccc2-c2ccc(C3=C(c4ccc5c(c4)C(C)(C)c4cc(-c6ccc7c(c6)C(C)(C)c6cc(-c8ccccc8-c8ccccc8)ccc6-7)ccc4-5)CCC=C3)cc21. The van der Waals surface area contributed by atoms with Gasteiger partial charge in [0.2, 0.25) is 0 Å². The molecule has 0 nitrogen and oxygen atoms in total. The molecule has 4 aliphatic carbocycles. The summed E-state index contributed by atoms with van der Waals surface area (Å²) < 4.78 is 0. The standard InChI is InChI=1S/C63H52.C2H6/c1-61(2)55-23-15-14-22-49(55)50-31-26-43(36-58(50)61)47-20-12-13-21-48(47)44-28-33-54-52-30-25-41(35-57(52)63(5,6)60(54)38-44)40-24-29-51-53-32-27-42(37-59(53)62(3,4)56(51)34-40)46-19-11-10-18-45(46)39-16-8-7-9-17-39;1-2/h7-12,14-20,22-38H,13,21H2,1-6H3;1-2H3. The van der Waals surface area contributed by atoms with Crippen LogP contribution in [0.5, 0.6) is 0 Å². The lowest BCUT2D eigenvalue weighted by atomic mass is 9.78. The highest BCUT2D eigenvalue weighted by atomic mass is 14.4. The zero-order chi connectivity index (χ0) is 44.8. The summed E-state index contributed by atoms with van der Waals surface area (Å²) in [6, 6.07) is 64.6. The van der Waals surface area contributed by atoms with Crippen molar-refractivity contribution in [2.75, 3.05) is 0 Å². The van der Waals surface area contributed by atoms with Gasteiger partial charge in [-0.3, -0.25) is 0 Å². The van der Waals surface area contributed by atoms with Crippen molar-refractivity contribution in [3.8, 4) is 66.8 Å². The van der Waals surface area contributed by atoms with Crippen molar-refractivity contribution in [3.05, 3.63) is 227 Å². The minimum Gasteiger partial charge on any atom is -0.0836 e. The van der Waals surface area contributed by atoms with Crippen molar-refractivity contribution in [2.45, 2.75) is 84.5 Å². The highest BCUT2D eigenvalue weighted by Gasteiger charge is 2.39. The fourth-order valence-corrected chi connectivity index (χ4v) is 11.9. The van der Waals surface area contributed by atoms with Gasteiger partial charge in [0.1, 0.15) is 0 Å². The van der Waals surface area contributed by atoms with Crippen LogP contribution in [-0.4, -0.2) is 0 Å². The second-order valence-corrected chi connectivity index (χ2v) is 20.0. The van der Waals surface area contributed by atoms with Crippen LogP contribution >= 0.6 is 0 Å². The van der Waals surface area contributed by atoms with Crippen LogP contribution in [0.1, 0.15) is 113 Å². The number of hydrogen-bond acceptors (Lipinski definition) is 0. The van der Waals surface area contributed by atoms with Gasteiger partial charge in [0.25, 0.3) is 0 Å². The number of hydrogen-bond donors (Lipinski definition) is 0. The van der Waals surface area contributed by atoms with Crippen LogP contribution in [0.15, 0.2) is 182 Å². The van der Waals surface area contributed by atoms with E-state index < -0.39 is 0 Å². The van der Waals surface area contributed by atoms with Crippen molar-refractivity contribution < 1.29 is 0 Å². The molecule has 0 bridgehead atoms. The molecule has 0 heterocycles. The molecule has 4 aliphatic rings. The lowest BCUT2D eigenvalue weighted by Crippen LogP contribution is -2.16. The van der Waals surface area contributed by atoms with Gasteiger partial charge in [-0.1, -0.05) is 207 Å². The minimum absolute atomic E-state index is 0.0232. The smallest absolute Gasteiger partial charge is 0.0159 e. The second kappa shape index (κ2) is 15.2. The van der Waals surface area contributed by atoms with Gasteiger partial charge in [-0.15, -0.1) is 0 Å². The second-order valence-electron chi connectivity index (χ2n) is 20.0. The average molecular weight is 839 g/mol. The summed E-state index contributed by atoms with van der Waals surface area (Å²) in [6.07, 6.45) is 6.86. The van der Waals surface area contributed by atoms with Crippen LogP contribution in [0.3, 0.4) is 0 Å². The van der Waals surface area contributed by atoms with E-state index in [-0.39, 0.29) is 16.2 Å². The highest BCUT2D eigenvalue weighted by molar-refractivity contribution is 5.99. The van der Waals surface area contributed by atoms with E-state index in [0.717, 1.165) is 12.8 Å². The first-order valence-corrected chi connectivity index (χ1v) is 23.9. The quantitative estimate of drug-likeness (QED) is 0.162. The molecule has 0 aromatic heterocycles. The molecule has 0 fully saturated rings. The first-order valence-electron chi connectivity index (χ1n) is 23.9. The molecule has 0 saturated carbocycles. The van der Waals surface area contributed by atoms with E-state index in [1.807, 2.05) is 13.8 Å². The molecule has 12 rings (SSSR count). The molecule has 8 aromatic carbocycles. The maximum absolute atomic E-state index is 2.53. The fraction of sp³-hybridized carbons (Fsp3) is 0.200. The van der Waals surface area contributed by atoms with Crippen LogP contribution in [0.25, 0.3) is 77.9 Å². The molecule has 0 unspecified atom stereocenters. The molecule has 0 heteroatoms. The Hall–Kier alpha value is -6.76. The molecule has 0 radical (unpaired) electrons. The normalized spacial score (nSPS) is 16.1. The van der Waals surface area contributed by atoms with Crippen molar-refractivity contribution in [1.29, 1.82) is 0 Å². The Kier molecular flexibility index (Phi) is 9.56. The van der Waals surface area contributed by atoms with Gasteiger partial charge in [-0.2, -0.15) is 0 Å². The fourth-order valence-electron chi connectivity index (χ4n) is 11.9. The number of fused-ring (bicyclic) bond motifs is 9. The largest absolute Gasteiger partial charge is 0.0836 e. The van der Waals surface area contributed by atoms with Crippen molar-refractivity contribution in [2.24, 2.45) is 0 Å². The molecule has 0 amide bonds. The van der Waals surface area contributed by atoms with Crippen molar-refractivity contribution in [3.63, 3.8) is 0 Å². The Morgan fingerprint density at radius 1 is 0.308 bits per heavy atom. The van der Waals surface area contributed by atoms with E-state index in [1.165, 1.54) is 122 Å². The monoisotopic (exact) mass is 838 g/mol. The van der Waals surface area contributed by atoms with E-state index in [9.17, 15) is 0 Å². The lowest BCUT2D eigenvalue weighted by molar-refractivity contribution is 0.659. The molecule has 0 N–H and O–H groups in total. The van der Waals surface area contributed by atoms with Gasteiger partial charge >= 0.3 is 0 Å². The Balaban J connectivity index is 0.00000231. The first-order chi connectivity index (χ1) is 31.5. The number of rotatable bonds is 5. The highest BCUT2D eigenvalue weighted by Crippen LogP contribution is 2.54. The zero-order valence-corrected chi connectivity index (χ0v) is 39.2. The van der Waals surface area contributed by atoms with Crippen LogP contribution in [0.4, 0.5) is 0 Å². The predicted molar refractivity (Wildman–Crippen MR) is 278 cm³/mol. The average Bonchev–Trinajstić information content (AvgIpc) is 3.83. The van der Waals surface area contributed by atoms with Crippen LogP contribution in [0.2, 0.25) is 0 Å². The Bertz CT molecular complexity index is 3290. The summed E-state index contributed by atoms with van der Waals surface area (Å²) in [5, 5.41) is 0. The van der Waals surface area contributed by atoms with E-state index in [2.05, 4.69) is 224 Å². The van der Waals surface area contributed by atoms with Crippen LogP contribution in [-0.2, 0) is 16.2 Å². The van der Waals surface area contributed by atoms with Gasteiger partial charge in [-0.25, -0.2) is 0 Å². The van der Waals surface area contributed by atoms with Gasteiger partial charge in [-0.05, 0) is 166 Å². The first kappa shape index (κ1) is 41.0. The number of benzene rings is 8. The molecule has 0 aliphatic heterocycles. The maximum Gasteiger partial charge on any atom is 0.0159 e. The molecular weight excluding hydrogens is 781 g/mol. The van der Waals surface area contributed by atoms with Gasteiger partial charge in [0.15, 0.2) is 0 Å². The van der Waals surface area contributed by atoms with Gasteiger partial charge in [0.05, 0.1) is 0 Å². The summed E-state index contributed by atoms with van der Waals surface area (Å²) >= 11 is 0. The van der Waals surface area contributed by atoms with Crippen LogP contribution in [0, 0.1) is 0 Å².